The molecule has 360 valence electrons. The van der Waals surface area contributed by atoms with Gasteiger partial charge in [-0.1, -0.05) is 275 Å². The predicted octanol–water partition coefficient (Wildman–Crippen LogP) is 18.1. The van der Waals surface area contributed by atoms with Gasteiger partial charge in [-0.15, -0.1) is 0 Å². The minimum Gasteiger partial charge on any atom is -0.394 e. The molecule has 0 aliphatic heterocycles. The maximum absolute atomic E-state index is 12.4. The first-order chi connectivity index (χ1) is 30.2. The number of nitrogens with one attached hydrogen (secondary N) is 1. The van der Waals surface area contributed by atoms with E-state index in [-0.39, 0.29) is 12.5 Å². The normalized spacial score (nSPS) is 13.0. The molecule has 0 aromatic carbocycles. The van der Waals surface area contributed by atoms with E-state index < -0.39 is 12.1 Å². The first-order valence-corrected chi connectivity index (χ1v) is 27.7. The highest BCUT2D eigenvalue weighted by Crippen LogP contribution is 2.17. The average Bonchev–Trinajstić information content (AvgIpc) is 3.26. The Labute approximate surface area is 382 Å². The zero-order valence-corrected chi connectivity index (χ0v) is 41.4. The molecule has 4 heteroatoms. The number of unbranched alkanes of at least 4 members (excludes halogenated alkanes) is 40. The number of hydrogen-bond donors (Lipinski definition) is 3. The van der Waals surface area contributed by atoms with Crippen LogP contribution in [0.15, 0.2) is 36.5 Å². The van der Waals surface area contributed by atoms with E-state index in [1.54, 1.807) is 6.08 Å². The summed E-state index contributed by atoms with van der Waals surface area (Å²) in [7, 11) is 0. The SMILES string of the molecule is CCCCCCCCCC/C=C\CCCCCCCCCCCCCCCCCCCCCCCCCC(=O)NC(CO)C(O)/C=C/CC/C=C/CCCCCCCCCC. The molecule has 0 aliphatic carbocycles. The second-order valence-corrected chi connectivity index (χ2v) is 19.0. The summed E-state index contributed by atoms with van der Waals surface area (Å²) in [5, 5.41) is 23.0. The van der Waals surface area contributed by atoms with Crippen LogP contribution in [0.5, 0.6) is 0 Å². The van der Waals surface area contributed by atoms with Gasteiger partial charge in [0.1, 0.15) is 0 Å². The largest absolute Gasteiger partial charge is 0.394 e. The van der Waals surface area contributed by atoms with E-state index in [4.69, 9.17) is 0 Å². The minimum absolute atomic E-state index is 0.0694. The third-order valence-electron chi connectivity index (χ3n) is 12.8. The Morgan fingerprint density at radius 2 is 0.639 bits per heavy atom. The first kappa shape index (κ1) is 59.6. The molecule has 0 saturated heterocycles. The molecule has 2 atom stereocenters. The van der Waals surface area contributed by atoms with E-state index in [0.717, 1.165) is 32.1 Å². The van der Waals surface area contributed by atoms with E-state index in [1.165, 1.54) is 250 Å². The lowest BCUT2D eigenvalue weighted by Crippen LogP contribution is -2.45. The van der Waals surface area contributed by atoms with Crippen molar-refractivity contribution in [3.63, 3.8) is 0 Å². The highest BCUT2D eigenvalue weighted by atomic mass is 16.3. The minimum atomic E-state index is -0.859. The molecule has 0 spiro atoms. The van der Waals surface area contributed by atoms with E-state index >= 15 is 0 Å². The number of carbonyl (C=O) groups excluding carboxylic acids is 1. The predicted molar refractivity (Wildman–Crippen MR) is 272 cm³/mol. The highest BCUT2D eigenvalue weighted by Gasteiger charge is 2.18. The van der Waals surface area contributed by atoms with Crippen LogP contribution in [0, 0.1) is 0 Å². The smallest absolute Gasteiger partial charge is 0.220 e. The Morgan fingerprint density at radius 3 is 0.951 bits per heavy atom. The molecule has 2 unspecified atom stereocenters. The fourth-order valence-corrected chi connectivity index (χ4v) is 8.60. The van der Waals surface area contributed by atoms with Crippen molar-refractivity contribution in [2.45, 2.75) is 315 Å². The van der Waals surface area contributed by atoms with Crippen molar-refractivity contribution >= 4 is 5.91 Å². The summed E-state index contributed by atoms with van der Waals surface area (Å²) in [6.07, 6.45) is 71.8. The van der Waals surface area contributed by atoms with Crippen LogP contribution in [0.2, 0.25) is 0 Å². The van der Waals surface area contributed by atoms with Gasteiger partial charge in [0.25, 0.3) is 0 Å². The summed E-state index contributed by atoms with van der Waals surface area (Å²) < 4.78 is 0. The number of amides is 1. The van der Waals surface area contributed by atoms with E-state index in [9.17, 15) is 15.0 Å². The van der Waals surface area contributed by atoms with Crippen molar-refractivity contribution in [3.8, 4) is 0 Å². The monoisotopic (exact) mass is 856 g/mol. The molecule has 0 heterocycles. The van der Waals surface area contributed by atoms with Crippen LogP contribution < -0.4 is 5.32 Å². The van der Waals surface area contributed by atoms with E-state index in [0.29, 0.717) is 6.42 Å². The molecule has 0 aromatic heterocycles. The molecule has 61 heavy (non-hydrogen) atoms. The Bertz CT molecular complexity index is 928. The van der Waals surface area contributed by atoms with Gasteiger partial charge < -0.3 is 15.5 Å². The van der Waals surface area contributed by atoms with Crippen molar-refractivity contribution < 1.29 is 15.0 Å². The molecular formula is C57H109NO3. The van der Waals surface area contributed by atoms with E-state index in [2.05, 4.69) is 43.5 Å². The molecule has 0 bridgehead atoms. The molecular weight excluding hydrogens is 747 g/mol. The van der Waals surface area contributed by atoms with Crippen LogP contribution in [0.1, 0.15) is 303 Å². The summed E-state index contributed by atoms with van der Waals surface area (Å²) in [5.74, 6) is -0.0694. The van der Waals surface area contributed by atoms with Crippen molar-refractivity contribution in [2.75, 3.05) is 6.61 Å². The number of aliphatic hydroxyl groups is 2. The quantitative estimate of drug-likeness (QED) is 0.0422. The third kappa shape index (κ3) is 49.5. The van der Waals surface area contributed by atoms with Gasteiger partial charge in [-0.2, -0.15) is 0 Å². The molecule has 1 amide bonds. The number of hydrogen-bond acceptors (Lipinski definition) is 3. The Kier molecular flexibility index (Phi) is 51.7. The van der Waals surface area contributed by atoms with Gasteiger partial charge in [-0.25, -0.2) is 0 Å². The summed E-state index contributed by atoms with van der Waals surface area (Å²) in [5.41, 5.74) is 0. The fraction of sp³-hybridized carbons (Fsp3) is 0.877. The fourth-order valence-electron chi connectivity index (χ4n) is 8.60. The summed E-state index contributed by atoms with van der Waals surface area (Å²) >= 11 is 0. The average molecular weight is 857 g/mol. The maximum atomic E-state index is 12.4. The highest BCUT2D eigenvalue weighted by molar-refractivity contribution is 5.76. The van der Waals surface area contributed by atoms with Gasteiger partial charge in [0.15, 0.2) is 0 Å². The second kappa shape index (κ2) is 53.0. The number of allylic oxidation sites excluding steroid dienone is 5. The number of aliphatic hydroxyl groups excluding tert-OH is 2. The number of rotatable bonds is 51. The van der Waals surface area contributed by atoms with Gasteiger partial charge in [0.05, 0.1) is 18.8 Å². The zero-order valence-electron chi connectivity index (χ0n) is 41.4. The Morgan fingerprint density at radius 1 is 0.377 bits per heavy atom. The lowest BCUT2D eigenvalue weighted by Gasteiger charge is -2.19. The molecule has 0 aromatic rings. The second-order valence-electron chi connectivity index (χ2n) is 19.0. The molecule has 0 aliphatic rings. The van der Waals surface area contributed by atoms with Crippen LogP contribution >= 0.6 is 0 Å². The lowest BCUT2D eigenvalue weighted by molar-refractivity contribution is -0.123. The van der Waals surface area contributed by atoms with Crippen LogP contribution in [0.4, 0.5) is 0 Å². The lowest BCUT2D eigenvalue weighted by atomic mass is 10.0. The molecule has 0 radical (unpaired) electrons. The van der Waals surface area contributed by atoms with Crippen molar-refractivity contribution in [1.82, 2.24) is 5.32 Å². The standard InChI is InChI=1S/C57H109NO3/c1-3-5-7-9-11-13-15-17-19-20-21-22-23-24-25-26-27-28-29-30-31-32-33-34-35-36-37-38-39-41-43-45-47-49-51-53-57(61)58-55(54-59)56(60)52-50-48-46-44-42-40-18-16-14-12-10-8-6-4-2/h20-21,42,44,50,52,55-56,59-60H,3-19,22-41,43,45-49,51,53-54H2,1-2H3,(H,58,61)/b21-20-,44-42+,52-50+. The molecule has 0 rings (SSSR count). The van der Waals surface area contributed by atoms with Crippen LogP contribution in [0.3, 0.4) is 0 Å². The summed E-state index contributed by atoms with van der Waals surface area (Å²) in [4.78, 5) is 12.4. The van der Waals surface area contributed by atoms with Crippen molar-refractivity contribution in [2.24, 2.45) is 0 Å². The van der Waals surface area contributed by atoms with Gasteiger partial charge in [0, 0.05) is 6.42 Å². The van der Waals surface area contributed by atoms with Crippen LogP contribution in [-0.4, -0.2) is 34.9 Å². The van der Waals surface area contributed by atoms with Crippen molar-refractivity contribution in [1.29, 1.82) is 0 Å². The molecule has 3 N–H and O–H groups in total. The Hall–Kier alpha value is -1.39. The zero-order chi connectivity index (χ0) is 44.2. The Balaban J connectivity index is 3.41. The van der Waals surface area contributed by atoms with Crippen LogP contribution in [0.25, 0.3) is 0 Å². The molecule has 0 saturated carbocycles. The van der Waals surface area contributed by atoms with Gasteiger partial charge in [-0.05, 0) is 57.8 Å². The van der Waals surface area contributed by atoms with Crippen LogP contribution in [-0.2, 0) is 4.79 Å². The maximum Gasteiger partial charge on any atom is 0.220 e. The first-order valence-electron chi connectivity index (χ1n) is 27.7. The van der Waals surface area contributed by atoms with Gasteiger partial charge >= 0.3 is 0 Å². The molecule has 0 fully saturated rings. The number of carbonyl (C=O) groups is 1. The third-order valence-corrected chi connectivity index (χ3v) is 12.8. The molecule has 4 nitrogen and oxygen atoms in total. The summed E-state index contributed by atoms with van der Waals surface area (Å²) in [6.45, 7) is 4.31. The summed E-state index contributed by atoms with van der Waals surface area (Å²) in [6, 6.07) is -0.636. The van der Waals surface area contributed by atoms with Gasteiger partial charge in [0.2, 0.25) is 5.91 Å². The van der Waals surface area contributed by atoms with Gasteiger partial charge in [-0.3, -0.25) is 4.79 Å². The topological polar surface area (TPSA) is 69.6 Å². The van der Waals surface area contributed by atoms with Crippen molar-refractivity contribution in [3.05, 3.63) is 36.5 Å². The van der Waals surface area contributed by atoms with E-state index in [1.807, 2.05) is 6.08 Å².